The minimum Gasteiger partial charge on any atom is -0.356 e. The van der Waals surface area contributed by atoms with Gasteiger partial charge in [-0.3, -0.25) is 19.4 Å². The summed E-state index contributed by atoms with van der Waals surface area (Å²) in [7, 11) is 0. The van der Waals surface area contributed by atoms with E-state index in [2.05, 4.69) is 29.8 Å². The topological polar surface area (TPSA) is 83.9 Å². The molecule has 2 aliphatic rings. The summed E-state index contributed by atoms with van der Waals surface area (Å²) in [5.74, 6) is 2.04. The second kappa shape index (κ2) is 6.53. The fourth-order valence-corrected chi connectivity index (χ4v) is 3.76. The predicted molar refractivity (Wildman–Crippen MR) is 104 cm³/mol. The summed E-state index contributed by atoms with van der Waals surface area (Å²) in [6.45, 7) is 4.44. The second-order valence-electron chi connectivity index (χ2n) is 6.96. The monoisotopic (exact) mass is 360 g/mol. The first-order valence-electron chi connectivity index (χ1n) is 9.20. The standard InChI is InChI=1S/C19H20N8/c1-13-10-27-16(8-23-18(27)9-22-13)19-21-5-4-17(25-19)26-6-2-3-14(11-26)15-7-20-12-24-15/h4-5,7-10,14H,2-3,6,11-12H2,1H3. The number of hydrogen-bond donors (Lipinski definition) is 0. The van der Waals surface area contributed by atoms with E-state index in [9.17, 15) is 0 Å². The van der Waals surface area contributed by atoms with Crippen molar-refractivity contribution in [3.63, 3.8) is 0 Å². The van der Waals surface area contributed by atoms with Crippen LogP contribution in [0.5, 0.6) is 0 Å². The van der Waals surface area contributed by atoms with Gasteiger partial charge in [0.15, 0.2) is 11.5 Å². The Morgan fingerprint density at radius 3 is 3.00 bits per heavy atom. The highest BCUT2D eigenvalue weighted by molar-refractivity contribution is 6.32. The molecule has 1 atom stereocenters. The molecule has 0 aliphatic carbocycles. The van der Waals surface area contributed by atoms with E-state index in [4.69, 9.17) is 4.98 Å². The average Bonchev–Trinajstić information content (AvgIpc) is 3.38. The van der Waals surface area contributed by atoms with Gasteiger partial charge in [-0.15, -0.1) is 0 Å². The summed E-state index contributed by atoms with van der Waals surface area (Å²) in [6.07, 6.45) is 11.6. The molecule has 2 aliphatic heterocycles. The molecule has 0 bridgehead atoms. The third kappa shape index (κ3) is 2.97. The van der Waals surface area contributed by atoms with Gasteiger partial charge >= 0.3 is 0 Å². The molecule has 1 unspecified atom stereocenters. The molecule has 8 nitrogen and oxygen atoms in total. The Morgan fingerprint density at radius 2 is 2.11 bits per heavy atom. The first-order valence-corrected chi connectivity index (χ1v) is 9.20. The summed E-state index contributed by atoms with van der Waals surface area (Å²) in [6, 6.07) is 1.98. The quantitative estimate of drug-likeness (QED) is 0.715. The number of piperidine rings is 1. The minimum absolute atomic E-state index is 0.424. The van der Waals surface area contributed by atoms with Crippen molar-refractivity contribution in [2.45, 2.75) is 19.8 Å². The molecule has 0 radical (unpaired) electrons. The Labute approximate surface area is 156 Å². The van der Waals surface area contributed by atoms with Crippen molar-refractivity contribution in [1.82, 2.24) is 24.3 Å². The third-order valence-corrected chi connectivity index (χ3v) is 5.12. The number of aromatic nitrogens is 5. The number of imidazole rings is 1. The van der Waals surface area contributed by atoms with E-state index in [1.807, 2.05) is 36.0 Å². The fourth-order valence-electron chi connectivity index (χ4n) is 3.76. The lowest BCUT2D eigenvalue weighted by Crippen LogP contribution is -2.39. The lowest BCUT2D eigenvalue weighted by molar-refractivity contribution is 0.507. The lowest BCUT2D eigenvalue weighted by Gasteiger charge is -2.33. The van der Waals surface area contributed by atoms with Crippen LogP contribution < -0.4 is 4.90 Å². The second-order valence-corrected chi connectivity index (χ2v) is 6.96. The fraction of sp³-hybridized carbons (Fsp3) is 0.368. The predicted octanol–water partition coefficient (Wildman–Crippen LogP) is 2.19. The molecule has 8 heteroatoms. The van der Waals surface area contributed by atoms with Crippen LogP contribution in [0.2, 0.25) is 0 Å². The zero-order chi connectivity index (χ0) is 18.2. The third-order valence-electron chi connectivity index (χ3n) is 5.12. The van der Waals surface area contributed by atoms with Crippen molar-refractivity contribution < 1.29 is 0 Å². The summed E-state index contributed by atoms with van der Waals surface area (Å²) >= 11 is 0. The van der Waals surface area contributed by atoms with Crippen molar-refractivity contribution in [2.75, 3.05) is 24.7 Å². The smallest absolute Gasteiger partial charge is 0.180 e. The Bertz CT molecular complexity index is 1050. The number of aryl methyl sites for hydroxylation is 1. The van der Waals surface area contributed by atoms with E-state index in [1.165, 1.54) is 0 Å². The van der Waals surface area contributed by atoms with E-state index >= 15 is 0 Å². The molecule has 1 saturated heterocycles. The van der Waals surface area contributed by atoms with E-state index in [0.717, 1.165) is 54.5 Å². The van der Waals surface area contributed by atoms with Crippen molar-refractivity contribution >= 4 is 23.4 Å². The van der Waals surface area contributed by atoms with Crippen LogP contribution >= 0.6 is 0 Å². The summed E-state index contributed by atoms with van der Waals surface area (Å²) < 4.78 is 1.99. The number of aliphatic imine (C=N–C) groups is 2. The van der Waals surface area contributed by atoms with Gasteiger partial charge in [0, 0.05) is 37.6 Å². The van der Waals surface area contributed by atoms with Gasteiger partial charge < -0.3 is 4.90 Å². The summed E-state index contributed by atoms with van der Waals surface area (Å²) in [5.41, 5.74) is 3.72. The van der Waals surface area contributed by atoms with Crippen LogP contribution in [-0.4, -0.2) is 56.0 Å². The molecule has 0 aromatic carbocycles. The molecule has 5 rings (SSSR count). The SMILES string of the molecule is Cc1cn2c(-c3nccc(N4CCCC(C5=NCN=C5)C4)n3)cnc2cn1. The highest BCUT2D eigenvalue weighted by atomic mass is 15.2. The normalized spacial score (nSPS) is 19.7. The summed E-state index contributed by atoms with van der Waals surface area (Å²) in [5, 5.41) is 0. The highest BCUT2D eigenvalue weighted by Gasteiger charge is 2.25. The molecule has 0 amide bonds. The zero-order valence-corrected chi connectivity index (χ0v) is 15.2. The van der Waals surface area contributed by atoms with Crippen LogP contribution in [0.3, 0.4) is 0 Å². The molecular formula is C19H20N8. The molecule has 136 valence electrons. The van der Waals surface area contributed by atoms with Crippen LogP contribution in [0.25, 0.3) is 17.2 Å². The van der Waals surface area contributed by atoms with Gasteiger partial charge in [0.1, 0.15) is 18.2 Å². The number of hydrogen-bond acceptors (Lipinski definition) is 7. The molecule has 0 N–H and O–H groups in total. The number of fused-ring (bicyclic) bond motifs is 1. The van der Waals surface area contributed by atoms with E-state index in [1.54, 1.807) is 12.4 Å². The average molecular weight is 360 g/mol. The van der Waals surface area contributed by atoms with Gasteiger partial charge in [-0.25, -0.2) is 15.0 Å². The lowest BCUT2D eigenvalue weighted by atomic mass is 9.93. The number of nitrogens with zero attached hydrogens (tertiary/aromatic N) is 8. The van der Waals surface area contributed by atoms with E-state index in [0.29, 0.717) is 18.4 Å². The van der Waals surface area contributed by atoms with Crippen LogP contribution in [-0.2, 0) is 0 Å². The maximum absolute atomic E-state index is 4.84. The van der Waals surface area contributed by atoms with Gasteiger partial charge in [0.05, 0.1) is 23.8 Å². The first kappa shape index (κ1) is 16.0. The Balaban J connectivity index is 1.46. The van der Waals surface area contributed by atoms with E-state index < -0.39 is 0 Å². The maximum Gasteiger partial charge on any atom is 0.180 e. The highest BCUT2D eigenvalue weighted by Crippen LogP contribution is 2.25. The van der Waals surface area contributed by atoms with Gasteiger partial charge in [-0.2, -0.15) is 0 Å². The van der Waals surface area contributed by atoms with Crippen molar-refractivity contribution in [2.24, 2.45) is 15.9 Å². The Hall–Kier alpha value is -3.16. The Morgan fingerprint density at radius 1 is 1.15 bits per heavy atom. The first-order chi connectivity index (χ1) is 13.3. The van der Waals surface area contributed by atoms with Crippen LogP contribution in [0.4, 0.5) is 5.82 Å². The molecule has 3 aromatic heterocycles. The zero-order valence-electron chi connectivity index (χ0n) is 15.2. The van der Waals surface area contributed by atoms with Gasteiger partial charge in [-0.1, -0.05) is 0 Å². The van der Waals surface area contributed by atoms with Crippen molar-refractivity contribution in [1.29, 1.82) is 0 Å². The molecule has 1 fully saturated rings. The molecule has 3 aromatic rings. The number of anilines is 1. The maximum atomic E-state index is 4.84. The van der Waals surface area contributed by atoms with Gasteiger partial charge in [-0.05, 0) is 25.8 Å². The van der Waals surface area contributed by atoms with Crippen molar-refractivity contribution in [3.05, 3.63) is 36.5 Å². The van der Waals surface area contributed by atoms with Crippen LogP contribution in [0, 0.1) is 12.8 Å². The van der Waals surface area contributed by atoms with Gasteiger partial charge in [0.25, 0.3) is 0 Å². The van der Waals surface area contributed by atoms with E-state index in [-0.39, 0.29) is 0 Å². The largest absolute Gasteiger partial charge is 0.356 e. The Kier molecular flexibility index (Phi) is 3.88. The van der Waals surface area contributed by atoms with Gasteiger partial charge in [0.2, 0.25) is 0 Å². The van der Waals surface area contributed by atoms with Crippen LogP contribution in [0.1, 0.15) is 18.5 Å². The molecule has 0 saturated carbocycles. The molecule has 27 heavy (non-hydrogen) atoms. The molecular weight excluding hydrogens is 340 g/mol. The minimum atomic E-state index is 0.424. The molecule has 0 spiro atoms. The van der Waals surface area contributed by atoms with Crippen molar-refractivity contribution in [3.8, 4) is 11.5 Å². The molecule has 5 heterocycles. The van der Waals surface area contributed by atoms with Crippen LogP contribution in [0.15, 0.2) is 40.8 Å². The summed E-state index contributed by atoms with van der Waals surface area (Å²) in [4.78, 5) is 29.1. The number of rotatable bonds is 3.